The van der Waals surface area contributed by atoms with Crippen LogP contribution in [-0.2, 0) is 9.59 Å². The Bertz CT molecular complexity index is 596. The van der Waals surface area contributed by atoms with Crippen molar-refractivity contribution in [3.05, 3.63) is 29.8 Å². The fraction of sp³-hybridized carbons (Fsp3) is 0.600. The second-order valence-corrected chi connectivity index (χ2v) is 7.15. The molecule has 6 nitrogen and oxygen atoms in total. The molecule has 6 heteroatoms. The molecule has 1 aliphatic heterocycles. The molecule has 2 rings (SSSR count). The monoisotopic (exact) mass is 361 g/mol. The molecule has 0 saturated carbocycles. The minimum absolute atomic E-state index is 0.0491. The molecule has 144 valence electrons. The zero-order chi connectivity index (χ0) is 18.9. The lowest BCUT2D eigenvalue weighted by molar-refractivity contribution is -0.133. The quantitative estimate of drug-likeness (QED) is 0.718. The van der Waals surface area contributed by atoms with Gasteiger partial charge in [-0.05, 0) is 44.9 Å². The van der Waals surface area contributed by atoms with E-state index < -0.39 is 0 Å². The van der Waals surface area contributed by atoms with Gasteiger partial charge in [0.05, 0.1) is 13.2 Å². The Morgan fingerprint density at radius 3 is 2.58 bits per heavy atom. The van der Waals surface area contributed by atoms with E-state index in [4.69, 9.17) is 4.74 Å². The predicted molar refractivity (Wildman–Crippen MR) is 102 cm³/mol. The lowest BCUT2D eigenvalue weighted by Crippen LogP contribution is -2.51. The van der Waals surface area contributed by atoms with E-state index in [0.29, 0.717) is 39.1 Å². The molecule has 0 aliphatic carbocycles. The number of nitrogens with one attached hydrogen (secondary N) is 1. The van der Waals surface area contributed by atoms with Crippen molar-refractivity contribution in [2.45, 2.75) is 39.7 Å². The maximum absolute atomic E-state index is 12.3. The molecule has 1 aromatic carbocycles. The van der Waals surface area contributed by atoms with Gasteiger partial charge in [0.2, 0.25) is 11.8 Å². The molecule has 1 aliphatic rings. The summed E-state index contributed by atoms with van der Waals surface area (Å²) in [5.41, 5.74) is 1.17. The summed E-state index contributed by atoms with van der Waals surface area (Å²) in [6.07, 6.45) is 1.21. The van der Waals surface area contributed by atoms with Gasteiger partial charge in [0, 0.05) is 38.6 Å². The van der Waals surface area contributed by atoms with E-state index in [2.05, 4.69) is 10.2 Å². The molecule has 0 unspecified atom stereocenters. The van der Waals surface area contributed by atoms with Gasteiger partial charge in [-0.1, -0.05) is 12.1 Å². The van der Waals surface area contributed by atoms with E-state index in [1.165, 1.54) is 5.56 Å². The van der Waals surface area contributed by atoms with Crippen molar-refractivity contribution in [2.75, 3.05) is 39.3 Å². The molecule has 0 atom stereocenters. The first kappa shape index (κ1) is 20.2. The lowest BCUT2D eigenvalue weighted by Gasteiger charge is -2.34. The van der Waals surface area contributed by atoms with Crippen LogP contribution >= 0.6 is 0 Å². The van der Waals surface area contributed by atoms with Crippen molar-refractivity contribution >= 4 is 11.8 Å². The summed E-state index contributed by atoms with van der Waals surface area (Å²) in [7, 11) is 0. The highest BCUT2D eigenvalue weighted by Gasteiger charge is 2.22. The van der Waals surface area contributed by atoms with Crippen molar-refractivity contribution < 1.29 is 14.3 Å². The largest absolute Gasteiger partial charge is 0.494 e. The number of rotatable bonds is 8. The minimum Gasteiger partial charge on any atom is -0.494 e. The lowest BCUT2D eigenvalue weighted by atomic mass is 10.2. The number of ether oxygens (including phenoxy) is 1. The molecule has 0 aromatic heterocycles. The van der Waals surface area contributed by atoms with Gasteiger partial charge in [-0.15, -0.1) is 0 Å². The summed E-state index contributed by atoms with van der Waals surface area (Å²) in [6, 6.07) is 8.09. The van der Waals surface area contributed by atoms with Crippen LogP contribution in [0.2, 0.25) is 0 Å². The average Bonchev–Trinajstić information content (AvgIpc) is 2.58. The van der Waals surface area contributed by atoms with E-state index >= 15 is 0 Å². The summed E-state index contributed by atoms with van der Waals surface area (Å²) in [4.78, 5) is 28.1. The Morgan fingerprint density at radius 2 is 1.92 bits per heavy atom. The summed E-state index contributed by atoms with van der Waals surface area (Å²) >= 11 is 0. The zero-order valence-electron chi connectivity index (χ0n) is 16.2. The van der Waals surface area contributed by atoms with Crippen molar-refractivity contribution in [2.24, 2.45) is 0 Å². The van der Waals surface area contributed by atoms with Crippen LogP contribution in [0.1, 0.15) is 32.3 Å². The van der Waals surface area contributed by atoms with Crippen LogP contribution in [0.4, 0.5) is 0 Å². The second-order valence-electron chi connectivity index (χ2n) is 7.15. The van der Waals surface area contributed by atoms with Gasteiger partial charge in [-0.25, -0.2) is 0 Å². The first-order valence-corrected chi connectivity index (χ1v) is 9.43. The van der Waals surface area contributed by atoms with Gasteiger partial charge < -0.3 is 15.0 Å². The van der Waals surface area contributed by atoms with Crippen molar-refractivity contribution in [3.8, 4) is 5.75 Å². The third kappa shape index (κ3) is 7.04. The summed E-state index contributed by atoms with van der Waals surface area (Å²) in [5, 5.41) is 2.90. The molecule has 1 N–H and O–H groups in total. The average molecular weight is 361 g/mol. The van der Waals surface area contributed by atoms with Crippen LogP contribution in [0, 0.1) is 6.92 Å². The number of piperazine rings is 1. The maximum Gasteiger partial charge on any atom is 0.234 e. The van der Waals surface area contributed by atoms with Crippen molar-refractivity contribution in [1.82, 2.24) is 15.1 Å². The normalized spacial score (nSPS) is 15.2. The Hall–Kier alpha value is -2.08. The number of hydrogen-bond acceptors (Lipinski definition) is 4. The molecule has 26 heavy (non-hydrogen) atoms. The number of amides is 2. The molecular weight excluding hydrogens is 330 g/mol. The third-order valence-electron chi connectivity index (χ3n) is 4.34. The number of aryl methyl sites for hydroxylation is 1. The highest BCUT2D eigenvalue weighted by Crippen LogP contribution is 2.13. The van der Waals surface area contributed by atoms with Crippen LogP contribution in [0.5, 0.6) is 5.75 Å². The molecule has 1 heterocycles. The fourth-order valence-corrected chi connectivity index (χ4v) is 3.00. The zero-order valence-corrected chi connectivity index (χ0v) is 16.2. The molecule has 1 aromatic rings. The van der Waals surface area contributed by atoms with Crippen LogP contribution in [0.25, 0.3) is 0 Å². The van der Waals surface area contributed by atoms with E-state index in [0.717, 1.165) is 18.8 Å². The molecule has 0 spiro atoms. The number of nitrogens with zero attached hydrogens (tertiary/aromatic N) is 2. The topological polar surface area (TPSA) is 61.9 Å². The van der Waals surface area contributed by atoms with E-state index in [1.807, 2.05) is 49.9 Å². The highest BCUT2D eigenvalue weighted by molar-refractivity contribution is 5.78. The Kier molecular flexibility index (Phi) is 7.91. The predicted octanol–water partition coefficient (Wildman–Crippen LogP) is 1.82. The van der Waals surface area contributed by atoms with Crippen LogP contribution < -0.4 is 10.1 Å². The van der Waals surface area contributed by atoms with Gasteiger partial charge in [-0.2, -0.15) is 0 Å². The van der Waals surface area contributed by atoms with Gasteiger partial charge >= 0.3 is 0 Å². The fourth-order valence-electron chi connectivity index (χ4n) is 3.00. The molecule has 1 fully saturated rings. The summed E-state index contributed by atoms with van der Waals surface area (Å²) in [5.74, 6) is 1.07. The Balaban J connectivity index is 1.61. The van der Waals surface area contributed by atoms with Crippen LogP contribution in [0.15, 0.2) is 24.3 Å². The third-order valence-corrected chi connectivity index (χ3v) is 4.34. The standard InChI is InChI=1S/C20H31N3O3/c1-16(2)21-19(24)15-22-9-11-23(12-10-22)20(25)8-5-13-26-18-7-4-6-17(3)14-18/h4,6-7,14,16H,5,8-13,15H2,1-3H3,(H,21,24). The van der Waals surface area contributed by atoms with Crippen molar-refractivity contribution in [1.29, 1.82) is 0 Å². The summed E-state index contributed by atoms with van der Waals surface area (Å²) in [6.45, 7) is 9.76. The highest BCUT2D eigenvalue weighted by atomic mass is 16.5. The van der Waals surface area contributed by atoms with Gasteiger partial charge in [0.25, 0.3) is 0 Å². The molecule has 0 radical (unpaired) electrons. The van der Waals surface area contributed by atoms with Crippen LogP contribution in [-0.4, -0.2) is 67.0 Å². The number of carbonyl (C=O) groups is 2. The van der Waals surface area contributed by atoms with Gasteiger partial charge in [0.1, 0.15) is 5.75 Å². The van der Waals surface area contributed by atoms with E-state index in [9.17, 15) is 9.59 Å². The Morgan fingerprint density at radius 1 is 1.19 bits per heavy atom. The first-order valence-electron chi connectivity index (χ1n) is 9.43. The smallest absolute Gasteiger partial charge is 0.234 e. The molecule has 1 saturated heterocycles. The van der Waals surface area contributed by atoms with Gasteiger partial charge in [0.15, 0.2) is 0 Å². The molecule has 0 bridgehead atoms. The number of carbonyl (C=O) groups excluding carboxylic acids is 2. The minimum atomic E-state index is 0.0491. The Labute approximate surface area is 156 Å². The van der Waals surface area contributed by atoms with Crippen LogP contribution in [0.3, 0.4) is 0 Å². The maximum atomic E-state index is 12.3. The second kappa shape index (κ2) is 10.2. The number of hydrogen-bond donors (Lipinski definition) is 1. The van der Waals surface area contributed by atoms with E-state index in [-0.39, 0.29) is 17.9 Å². The number of benzene rings is 1. The molecule has 2 amide bonds. The van der Waals surface area contributed by atoms with Crippen molar-refractivity contribution in [3.63, 3.8) is 0 Å². The first-order chi connectivity index (χ1) is 12.4. The molecular formula is C20H31N3O3. The van der Waals surface area contributed by atoms with E-state index in [1.54, 1.807) is 0 Å². The summed E-state index contributed by atoms with van der Waals surface area (Å²) < 4.78 is 5.69. The SMILES string of the molecule is Cc1cccc(OCCCC(=O)N2CCN(CC(=O)NC(C)C)CC2)c1. The van der Waals surface area contributed by atoms with Gasteiger partial charge in [-0.3, -0.25) is 14.5 Å².